The molecule has 0 bridgehead atoms. The fourth-order valence-electron chi connectivity index (χ4n) is 4.83. The molecule has 0 saturated heterocycles. The first kappa shape index (κ1) is 23.8. The number of fused-ring (bicyclic) bond motifs is 3. The van der Waals surface area contributed by atoms with E-state index in [1.54, 1.807) is 12.1 Å². The highest BCUT2D eigenvalue weighted by Crippen LogP contribution is 2.44. The van der Waals surface area contributed by atoms with Crippen molar-refractivity contribution in [1.29, 1.82) is 5.26 Å². The van der Waals surface area contributed by atoms with Gasteiger partial charge < -0.3 is 15.2 Å². The minimum absolute atomic E-state index is 0.101. The topological polar surface area (TPSA) is 99.4 Å². The number of hydrogen-bond donors (Lipinski definition) is 2. The van der Waals surface area contributed by atoms with Crippen LogP contribution in [0, 0.1) is 11.3 Å². The third-order valence-corrected chi connectivity index (χ3v) is 6.65. The smallest absolute Gasteiger partial charge is 0.407 e. The van der Waals surface area contributed by atoms with Gasteiger partial charge in [-0.1, -0.05) is 84.9 Å². The average molecular weight is 489 g/mol. The van der Waals surface area contributed by atoms with Gasteiger partial charge in [0, 0.05) is 12.3 Å². The Morgan fingerprint density at radius 2 is 1.51 bits per heavy atom. The number of amides is 1. The van der Waals surface area contributed by atoms with Crippen molar-refractivity contribution in [3.63, 3.8) is 0 Å². The van der Waals surface area contributed by atoms with E-state index in [9.17, 15) is 14.7 Å². The molecule has 37 heavy (non-hydrogen) atoms. The molecule has 5 rings (SSSR count). The zero-order valence-corrected chi connectivity index (χ0v) is 19.9. The lowest BCUT2D eigenvalue weighted by Crippen LogP contribution is -2.42. The summed E-state index contributed by atoms with van der Waals surface area (Å²) in [7, 11) is 0. The van der Waals surface area contributed by atoms with Crippen LogP contribution in [0.15, 0.2) is 97.1 Å². The van der Waals surface area contributed by atoms with Gasteiger partial charge in [0.2, 0.25) is 0 Å². The van der Waals surface area contributed by atoms with Crippen LogP contribution < -0.4 is 5.32 Å². The molecule has 2 N–H and O–H groups in total. The molecule has 0 heterocycles. The molecule has 182 valence electrons. The minimum Gasteiger partial charge on any atom is -0.480 e. The monoisotopic (exact) mass is 488 g/mol. The number of hydrogen-bond acceptors (Lipinski definition) is 4. The Balaban J connectivity index is 1.25. The van der Waals surface area contributed by atoms with Crippen molar-refractivity contribution in [2.75, 3.05) is 6.61 Å². The lowest BCUT2D eigenvalue weighted by molar-refractivity contribution is -0.139. The van der Waals surface area contributed by atoms with Gasteiger partial charge in [-0.2, -0.15) is 5.26 Å². The second kappa shape index (κ2) is 10.4. The highest BCUT2D eigenvalue weighted by Gasteiger charge is 2.29. The fraction of sp³-hybridized carbons (Fsp3) is 0.129. The SMILES string of the molecule is N#Cc1ccc(-c2cccc(C[C@H](NC(=O)OCC3c4ccccc4-c4ccccc43)C(=O)O)c2)cc1. The number of nitrogens with one attached hydrogen (secondary N) is 1. The summed E-state index contributed by atoms with van der Waals surface area (Å²) in [4.78, 5) is 24.6. The number of benzene rings is 4. The molecular formula is C31H24N2O4. The molecule has 0 unspecified atom stereocenters. The Labute approximate surface area is 214 Å². The maximum atomic E-state index is 12.7. The maximum absolute atomic E-state index is 12.7. The molecule has 1 aliphatic rings. The zero-order valence-electron chi connectivity index (χ0n) is 19.9. The number of carbonyl (C=O) groups excluding carboxylic acids is 1. The first-order valence-corrected chi connectivity index (χ1v) is 12.0. The molecule has 0 saturated carbocycles. The highest BCUT2D eigenvalue weighted by atomic mass is 16.5. The number of carboxylic acids is 1. The number of carbonyl (C=O) groups is 2. The molecule has 6 heteroatoms. The van der Waals surface area contributed by atoms with Gasteiger partial charge in [0.25, 0.3) is 0 Å². The lowest BCUT2D eigenvalue weighted by atomic mass is 9.98. The third-order valence-electron chi connectivity index (χ3n) is 6.65. The van der Waals surface area contributed by atoms with E-state index in [0.29, 0.717) is 5.56 Å². The quantitative estimate of drug-likeness (QED) is 0.345. The van der Waals surface area contributed by atoms with Crippen LogP contribution in [-0.2, 0) is 16.0 Å². The van der Waals surface area contributed by atoms with Gasteiger partial charge in [-0.05, 0) is 51.1 Å². The molecule has 0 aromatic heterocycles. The fourth-order valence-corrected chi connectivity index (χ4v) is 4.83. The van der Waals surface area contributed by atoms with Gasteiger partial charge in [-0.25, -0.2) is 9.59 Å². The summed E-state index contributed by atoms with van der Waals surface area (Å²) < 4.78 is 5.53. The summed E-state index contributed by atoms with van der Waals surface area (Å²) in [5, 5.41) is 21.3. The molecule has 1 amide bonds. The van der Waals surface area contributed by atoms with Gasteiger partial charge in [0.05, 0.1) is 11.6 Å². The Bertz CT molecular complexity index is 1460. The number of nitriles is 1. The van der Waals surface area contributed by atoms with E-state index in [-0.39, 0.29) is 18.9 Å². The molecule has 0 spiro atoms. The van der Waals surface area contributed by atoms with Crippen molar-refractivity contribution in [3.8, 4) is 28.3 Å². The molecule has 6 nitrogen and oxygen atoms in total. The third kappa shape index (κ3) is 5.07. The number of ether oxygens (including phenoxy) is 1. The molecule has 0 fully saturated rings. The lowest BCUT2D eigenvalue weighted by Gasteiger charge is -2.18. The summed E-state index contributed by atoms with van der Waals surface area (Å²) in [6, 6.07) is 31.7. The Kier molecular flexibility index (Phi) is 6.69. The average Bonchev–Trinajstić information content (AvgIpc) is 3.25. The number of rotatable bonds is 7. The Hall–Kier alpha value is -4.89. The summed E-state index contributed by atoms with van der Waals surface area (Å²) in [6.07, 6.45) is -0.665. The van der Waals surface area contributed by atoms with E-state index in [1.165, 1.54) is 0 Å². The van der Waals surface area contributed by atoms with Crippen molar-refractivity contribution in [2.45, 2.75) is 18.4 Å². The minimum atomic E-state index is -1.15. The molecule has 0 aliphatic heterocycles. The molecule has 4 aromatic carbocycles. The normalized spacial score (nSPS) is 12.6. The Morgan fingerprint density at radius 3 is 2.14 bits per heavy atom. The van der Waals surface area contributed by atoms with Gasteiger partial charge in [0.15, 0.2) is 0 Å². The van der Waals surface area contributed by atoms with E-state index >= 15 is 0 Å². The summed E-state index contributed by atoms with van der Waals surface area (Å²) in [5.41, 5.74) is 7.56. The van der Waals surface area contributed by atoms with Crippen LogP contribution in [0.1, 0.15) is 28.2 Å². The molecule has 1 aliphatic carbocycles. The Morgan fingerprint density at radius 1 is 0.865 bits per heavy atom. The van der Waals surface area contributed by atoms with Crippen molar-refractivity contribution < 1.29 is 19.4 Å². The predicted molar refractivity (Wildman–Crippen MR) is 140 cm³/mol. The van der Waals surface area contributed by atoms with Crippen molar-refractivity contribution in [1.82, 2.24) is 5.32 Å². The van der Waals surface area contributed by atoms with Crippen LogP contribution in [0.25, 0.3) is 22.3 Å². The van der Waals surface area contributed by atoms with Crippen molar-refractivity contribution in [3.05, 3.63) is 119 Å². The molecule has 4 aromatic rings. The first-order chi connectivity index (χ1) is 18.0. The predicted octanol–water partition coefficient (Wildman–Crippen LogP) is 5.76. The summed E-state index contributed by atoms with van der Waals surface area (Å²) >= 11 is 0. The van der Waals surface area contributed by atoms with Crippen LogP contribution in [0.5, 0.6) is 0 Å². The molecular weight excluding hydrogens is 464 g/mol. The number of carboxylic acid groups (broad SMARTS) is 1. The second-order valence-corrected chi connectivity index (χ2v) is 8.95. The molecule has 0 radical (unpaired) electrons. The van der Waals surface area contributed by atoms with E-state index in [4.69, 9.17) is 10.00 Å². The van der Waals surface area contributed by atoms with E-state index in [2.05, 4.69) is 23.5 Å². The highest BCUT2D eigenvalue weighted by molar-refractivity contribution is 5.81. The standard InChI is InChI=1S/C31H24N2O4/c32-18-20-12-14-22(15-13-20)23-7-5-6-21(16-23)17-29(30(34)35)33-31(36)37-19-28-26-10-3-1-8-24(26)25-9-2-4-11-27(25)28/h1-16,28-29H,17,19H2,(H,33,36)(H,34,35)/t29-/m0/s1. The number of alkyl carbamates (subject to hydrolysis) is 1. The van der Waals surface area contributed by atoms with Crippen LogP contribution in [0.2, 0.25) is 0 Å². The van der Waals surface area contributed by atoms with E-state index in [1.807, 2.05) is 72.8 Å². The van der Waals surface area contributed by atoms with Crippen LogP contribution in [0.4, 0.5) is 4.79 Å². The van der Waals surface area contributed by atoms with Crippen molar-refractivity contribution in [2.24, 2.45) is 0 Å². The summed E-state index contributed by atoms with van der Waals surface area (Å²) in [6.45, 7) is 0.111. The summed E-state index contributed by atoms with van der Waals surface area (Å²) in [5.74, 6) is -1.25. The van der Waals surface area contributed by atoms with Crippen LogP contribution in [-0.4, -0.2) is 29.8 Å². The first-order valence-electron chi connectivity index (χ1n) is 12.0. The van der Waals surface area contributed by atoms with Gasteiger partial charge in [0.1, 0.15) is 12.6 Å². The van der Waals surface area contributed by atoms with Crippen molar-refractivity contribution >= 4 is 12.1 Å². The van der Waals surface area contributed by atoms with Gasteiger partial charge >= 0.3 is 12.1 Å². The van der Waals surface area contributed by atoms with E-state index in [0.717, 1.165) is 38.9 Å². The van der Waals surface area contributed by atoms with Gasteiger partial charge in [-0.15, -0.1) is 0 Å². The largest absolute Gasteiger partial charge is 0.480 e. The van der Waals surface area contributed by atoms with Gasteiger partial charge in [-0.3, -0.25) is 0 Å². The number of nitrogens with zero attached hydrogens (tertiary/aromatic N) is 1. The van der Waals surface area contributed by atoms with Crippen LogP contribution in [0.3, 0.4) is 0 Å². The van der Waals surface area contributed by atoms with E-state index < -0.39 is 18.1 Å². The van der Waals surface area contributed by atoms with Crippen LogP contribution >= 0.6 is 0 Å². The maximum Gasteiger partial charge on any atom is 0.407 e. The second-order valence-electron chi connectivity index (χ2n) is 8.95. The molecule has 1 atom stereocenters. The number of aliphatic carboxylic acids is 1. The zero-order chi connectivity index (χ0) is 25.8.